The van der Waals surface area contributed by atoms with Gasteiger partial charge in [-0.3, -0.25) is 9.59 Å². The van der Waals surface area contributed by atoms with Crippen LogP contribution in [-0.4, -0.2) is 33.3 Å². The molecular formula is C16H14N2O4. The topological polar surface area (TPSA) is 90.2 Å². The highest BCUT2D eigenvalue weighted by Crippen LogP contribution is 2.52. The molecule has 2 amide bonds. The summed E-state index contributed by atoms with van der Waals surface area (Å²) >= 11 is 0. The summed E-state index contributed by atoms with van der Waals surface area (Å²) in [4.78, 5) is 24.8. The lowest BCUT2D eigenvalue weighted by Crippen LogP contribution is -2.28. The van der Waals surface area contributed by atoms with E-state index in [1.807, 2.05) is 12.2 Å². The van der Waals surface area contributed by atoms with Crippen molar-refractivity contribution in [1.29, 1.82) is 0 Å². The molecule has 2 fully saturated rings. The smallest absolute Gasteiger partial charge is 0.254 e. The first-order valence-electron chi connectivity index (χ1n) is 7.18. The van der Waals surface area contributed by atoms with Crippen LogP contribution in [0.25, 0.3) is 0 Å². The summed E-state index contributed by atoms with van der Waals surface area (Å²) in [6.45, 7) is 0. The van der Waals surface area contributed by atoms with E-state index in [2.05, 4.69) is 5.10 Å². The van der Waals surface area contributed by atoms with Gasteiger partial charge in [0.2, 0.25) is 0 Å². The number of nitrogens with zero attached hydrogens (tertiary/aromatic N) is 2. The van der Waals surface area contributed by atoms with Gasteiger partial charge in [0, 0.05) is 0 Å². The van der Waals surface area contributed by atoms with E-state index >= 15 is 0 Å². The zero-order chi connectivity index (χ0) is 15.4. The molecule has 0 aromatic heterocycles. The van der Waals surface area contributed by atoms with Crippen molar-refractivity contribution in [3.63, 3.8) is 0 Å². The van der Waals surface area contributed by atoms with Crippen LogP contribution in [0.4, 0.5) is 0 Å². The Hall–Kier alpha value is -2.63. The number of carbonyl (C=O) groups excluding carboxylic acids is 2. The van der Waals surface area contributed by atoms with Crippen molar-refractivity contribution in [2.45, 2.75) is 6.42 Å². The van der Waals surface area contributed by atoms with Crippen LogP contribution in [0.1, 0.15) is 12.0 Å². The van der Waals surface area contributed by atoms with Crippen molar-refractivity contribution in [3.8, 4) is 11.5 Å². The van der Waals surface area contributed by atoms with Gasteiger partial charge in [0.15, 0.2) is 11.5 Å². The van der Waals surface area contributed by atoms with Gasteiger partial charge in [0.25, 0.3) is 11.8 Å². The Labute approximate surface area is 126 Å². The van der Waals surface area contributed by atoms with Crippen LogP contribution in [0.5, 0.6) is 11.5 Å². The fourth-order valence-electron chi connectivity index (χ4n) is 3.75. The van der Waals surface area contributed by atoms with Gasteiger partial charge in [-0.25, -0.2) is 0 Å². The van der Waals surface area contributed by atoms with Gasteiger partial charge in [-0.05, 0) is 42.0 Å². The van der Waals surface area contributed by atoms with Gasteiger partial charge in [-0.15, -0.1) is 0 Å². The van der Waals surface area contributed by atoms with Crippen molar-refractivity contribution in [2.75, 3.05) is 0 Å². The van der Waals surface area contributed by atoms with E-state index in [0.29, 0.717) is 5.56 Å². The normalized spacial score (nSPS) is 32.5. The first-order valence-corrected chi connectivity index (χ1v) is 7.18. The van der Waals surface area contributed by atoms with Crippen molar-refractivity contribution < 1.29 is 19.8 Å². The van der Waals surface area contributed by atoms with Gasteiger partial charge in [-0.1, -0.05) is 12.2 Å². The van der Waals surface area contributed by atoms with Crippen molar-refractivity contribution in [1.82, 2.24) is 5.01 Å². The number of hydrazone groups is 1. The first kappa shape index (κ1) is 13.1. The lowest BCUT2D eigenvalue weighted by Gasteiger charge is -2.13. The number of hydrogen-bond donors (Lipinski definition) is 2. The molecule has 1 heterocycles. The number of benzene rings is 1. The average molecular weight is 298 g/mol. The van der Waals surface area contributed by atoms with Crippen molar-refractivity contribution in [2.24, 2.45) is 28.8 Å². The minimum absolute atomic E-state index is 0.157. The maximum absolute atomic E-state index is 12.4. The molecule has 2 N–H and O–H groups in total. The largest absolute Gasteiger partial charge is 0.504 e. The molecule has 0 unspecified atom stereocenters. The summed E-state index contributed by atoms with van der Waals surface area (Å²) in [6, 6.07) is 4.18. The number of rotatable bonds is 2. The fraction of sp³-hybridized carbons (Fsp3) is 0.312. The first-order chi connectivity index (χ1) is 10.6. The van der Waals surface area contributed by atoms with Crippen LogP contribution in [0.2, 0.25) is 0 Å². The highest BCUT2D eigenvalue weighted by atomic mass is 16.3. The van der Waals surface area contributed by atoms with Crippen LogP contribution in [0.15, 0.2) is 35.5 Å². The van der Waals surface area contributed by atoms with Crippen LogP contribution < -0.4 is 0 Å². The molecule has 22 heavy (non-hydrogen) atoms. The molecule has 3 aliphatic rings. The van der Waals surface area contributed by atoms with Gasteiger partial charge < -0.3 is 10.2 Å². The second-order valence-electron chi connectivity index (χ2n) is 5.98. The molecule has 4 rings (SSSR count). The third kappa shape index (κ3) is 1.70. The van der Waals surface area contributed by atoms with Gasteiger partial charge >= 0.3 is 0 Å². The van der Waals surface area contributed by atoms with Crippen LogP contribution in [-0.2, 0) is 9.59 Å². The number of aromatic hydroxyl groups is 2. The van der Waals surface area contributed by atoms with Crippen LogP contribution >= 0.6 is 0 Å². The second-order valence-corrected chi connectivity index (χ2v) is 5.98. The number of allylic oxidation sites excluding steroid dienone is 2. The Morgan fingerprint density at radius 1 is 1.05 bits per heavy atom. The second kappa shape index (κ2) is 4.43. The molecule has 4 atom stereocenters. The van der Waals surface area contributed by atoms with Crippen LogP contribution in [0.3, 0.4) is 0 Å². The van der Waals surface area contributed by atoms with E-state index in [4.69, 9.17) is 0 Å². The molecule has 6 nitrogen and oxygen atoms in total. The molecule has 1 saturated heterocycles. The van der Waals surface area contributed by atoms with E-state index in [-0.39, 0.29) is 47.0 Å². The Balaban J connectivity index is 1.59. The van der Waals surface area contributed by atoms with Crippen molar-refractivity contribution in [3.05, 3.63) is 35.9 Å². The maximum Gasteiger partial charge on any atom is 0.254 e. The number of hydrogen-bond acceptors (Lipinski definition) is 5. The molecule has 1 saturated carbocycles. The lowest BCUT2D eigenvalue weighted by atomic mass is 9.85. The SMILES string of the molecule is O=C1[C@@H]2[C@H](C(=O)N1/N=C/c1ccc(O)c(O)c1)[C@@H]1C=C[C@H]2C1. The highest BCUT2D eigenvalue weighted by molar-refractivity contribution is 6.06. The van der Waals surface area contributed by atoms with Gasteiger partial charge in [0.1, 0.15) is 0 Å². The quantitative estimate of drug-likeness (QED) is 0.372. The molecule has 0 radical (unpaired) electrons. The zero-order valence-corrected chi connectivity index (χ0v) is 11.6. The van der Waals surface area contributed by atoms with E-state index < -0.39 is 0 Å². The molecule has 2 aliphatic carbocycles. The number of carbonyl (C=O) groups is 2. The number of imide groups is 1. The van der Waals surface area contributed by atoms with E-state index in [0.717, 1.165) is 11.4 Å². The Kier molecular flexibility index (Phi) is 2.63. The number of fused-ring (bicyclic) bond motifs is 5. The summed E-state index contributed by atoms with van der Waals surface area (Å²) in [5.41, 5.74) is 0.494. The Bertz CT molecular complexity index is 710. The molecule has 0 spiro atoms. The maximum atomic E-state index is 12.4. The third-order valence-electron chi connectivity index (χ3n) is 4.77. The monoisotopic (exact) mass is 298 g/mol. The summed E-state index contributed by atoms with van der Waals surface area (Å²) in [5, 5.41) is 23.6. The average Bonchev–Trinajstić information content (AvgIpc) is 3.16. The zero-order valence-electron chi connectivity index (χ0n) is 11.6. The highest BCUT2D eigenvalue weighted by Gasteiger charge is 2.59. The Morgan fingerprint density at radius 3 is 2.27 bits per heavy atom. The van der Waals surface area contributed by atoms with Gasteiger partial charge in [-0.2, -0.15) is 10.1 Å². The Morgan fingerprint density at radius 2 is 1.68 bits per heavy atom. The molecular weight excluding hydrogens is 284 g/mol. The molecule has 1 aliphatic heterocycles. The number of phenolic OH excluding ortho intramolecular Hbond substituents is 2. The van der Waals surface area contributed by atoms with Crippen molar-refractivity contribution >= 4 is 18.0 Å². The molecule has 2 bridgehead atoms. The van der Waals surface area contributed by atoms with E-state index in [1.54, 1.807) is 0 Å². The van der Waals surface area contributed by atoms with E-state index in [1.165, 1.54) is 24.4 Å². The fourth-order valence-corrected chi connectivity index (χ4v) is 3.75. The lowest BCUT2D eigenvalue weighted by molar-refractivity contribution is -0.140. The predicted molar refractivity (Wildman–Crippen MR) is 76.9 cm³/mol. The minimum Gasteiger partial charge on any atom is -0.504 e. The molecule has 1 aromatic carbocycles. The third-order valence-corrected chi connectivity index (χ3v) is 4.77. The van der Waals surface area contributed by atoms with E-state index in [9.17, 15) is 19.8 Å². The molecule has 1 aromatic rings. The summed E-state index contributed by atoms with van der Waals surface area (Å²) < 4.78 is 0. The summed E-state index contributed by atoms with van der Waals surface area (Å²) in [5.74, 6) is -1.23. The predicted octanol–water partition coefficient (Wildman–Crippen LogP) is 1.24. The number of amides is 2. The van der Waals surface area contributed by atoms with Gasteiger partial charge in [0.05, 0.1) is 18.1 Å². The minimum atomic E-state index is -0.276. The summed E-state index contributed by atoms with van der Waals surface area (Å²) in [7, 11) is 0. The number of phenols is 2. The molecule has 6 heteroatoms. The molecule has 112 valence electrons. The summed E-state index contributed by atoms with van der Waals surface area (Å²) in [6.07, 6.45) is 6.28. The van der Waals surface area contributed by atoms with Crippen LogP contribution in [0, 0.1) is 23.7 Å². The standard InChI is InChI=1S/C16H14N2O4/c19-11-4-1-8(5-12(11)20)7-17-18-15(21)13-9-2-3-10(6-9)14(13)16(18)22/h1-5,7,9-10,13-14,19-20H,6H2/b17-7+/t9-,10+,13-,14+.